The molecule has 0 amide bonds. The normalized spacial score (nSPS) is 12.8. The standard InChI is InChI=1S/C18H11NSe/c1-2-8-14-12(6-1)13-7-5-11-17-18(13)19(14)15-9-3-4-10-16(15)20-17/h1-11H. The molecule has 0 atom stereocenters. The molecule has 0 N–H and O–H groups in total. The summed E-state index contributed by atoms with van der Waals surface area (Å²) in [5.41, 5.74) is 4.09. The van der Waals surface area contributed by atoms with Crippen molar-refractivity contribution in [1.82, 2.24) is 4.57 Å². The van der Waals surface area contributed by atoms with Crippen LogP contribution in [-0.2, 0) is 0 Å². The van der Waals surface area contributed by atoms with Gasteiger partial charge in [-0.05, 0) is 0 Å². The molecular weight excluding hydrogens is 309 g/mol. The quantitative estimate of drug-likeness (QED) is 0.387. The number of para-hydroxylation sites is 3. The average molecular weight is 320 g/mol. The Balaban J connectivity index is 2.12. The van der Waals surface area contributed by atoms with Gasteiger partial charge in [0.15, 0.2) is 0 Å². The summed E-state index contributed by atoms with van der Waals surface area (Å²) in [6, 6.07) is 24.3. The third kappa shape index (κ3) is 1.23. The van der Waals surface area contributed by atoms with Crippen molar-refractivity contribution in [3.63, 3.8) is 0 Å². The fourth-order valence-electron chi connectivity index (χ4n) is 3.17. The summed E-state index contributed by atoms with van der Waals surface area (Å²) < 4.78 is 5.41. The number of hydrogen-bond acceptors (Lipinski definition) is 0. The van der Waals surface area contributed by atoms with Crippen LogP contribution in [-0.4, -0.2) is 19.5 Å². The van der Waals surface area contributed by atoms with Gasteiger partial charge in [0.05, 0.1) is 0 Å². The monoisotopic (exact) mass is 321 g/mol. The minimum atomic E-state index is 0.403. The number of hydrogen-bond donors (Lipinski definition) is 0. The van der Waals surface area contributed by atoms with Gasteiger partial charge in [-0.3, -0.25) is 0 Å². The second-order valence-corrected chi connectivity index (χ2v) is 7.35. The first kappa shape index (κ1) is 10.7. The second kappa shape index (κ2) is 3.76. The fraction of sp³-hybridized carbons (Fsp3) is 0. The Morgan fingerprint density at radius 3 is 2.40 bits per heavy atom. The van der Waals surface area contributed by atoms with Gasteiger partial charge >= 0.3 is 123 Å². The van der Waals surface area contributed by atoms with E-state index in [9.17, 15) is 0 Å². The van der Waals surface area contributed by atoms with Gasteiger partial charge in [-0.1, -0.05) is 0 Å². The van der Waals surface area contributed by atoms with Crippen LogP contribution in [0.1, 0.15) is 0 Å². The molecule has 20 heavy (non-hydrogen) atoms. The molecule has 2 heteroatoms. The van der Waals surface area contributed by atoms with Crippen LogP contribution in [0.4, 0.5) is 0 Å². The Bertz CT molecular complexity index is 981. The molecule has 4 aromatic rings. The van der Waals surface area contributed by atoms with E-state index in [1.54, 1.807) is 0 Å². The van der Waals surface area contributed by atoms with Crippen molar-refractivity contribution < 1.29 is 0 Å². The Morgan fingerprint density at radius 2 is 1.40 bits per heavy atom. The van der Waals surface area contributed by atoms with Crippen molar-refractivity contribution in [1.29, 1.82) is 0 Å². The molecule has 1 nitrogen and oxygen atoms in total. The number of fused-ring (bicyclic) bond motifs is 5. The Kier molecular flexibility index (Phi) is 2.01. The van der Waals surface area contributed by atoms with E-state index in [1.165, 1.54) is 36.4 Å². The number of benzene rings is 3. The predicted octanol–water partition coefficient (Wildman–Crippen LogP) is 2.75. The molecule has 2 heterocycles. The van der Waals surface area contributed by atoms with Gasteiger partial charge < -0.3 is 0 Å². The summed E-state index contributed by atoms with van der Waals surface area (Å²) in [7, 11) is 0. The molecule has 0 bridgehead atoms. The van der Waals surface area contributed by atoms with E-state index in [1.807, 2.05) is 0 Å². The number of aromatic nitrogens is 1. The van der Waals surface area contributed by atoms with E-state index < -0.39 is 0 Å². The molecule has 1 aliphatic heterocycles. The summed E-state index contributed by atoms with van der Waals surface area (Å²) in [5.74, 6) is 0. The average Bonchev–Trinajstić information content (AvgIpc) is 2.85. The molecule has 3 aromatic carbocycles. The topological polar surface area (TPSA) is 4.93 Å². The number of rotatable bonds is 0. The van der Waals surface area contributed by atoms with Gasteiger partial charge in [0.1, 0.15) is 0 Å². The number of nitrogens with zero attached hydrogens (tertiary/aromatic N) is 1. The molecule has 94 valence electrons. The van der Waals surface area contributed by atoms with Gasteiger partial charge in [-0.15, -0.1) is 0 Å². The maximum absolute atomic E-state index is 2.45. The van der Waals surface area contributed by atoms with Crippen LogP contribution in [0.25, 0.3) is 27.5 Å². The van der Waals surface area contributed by atoms with E-state index in [0.29, 0.717) is 15.0 Å². The van der Waals surface area contributed by atoms with Crippen LogP contribution < -0.4 is 8.92 Å². The third-order valence-electron chi connectivity index (χ3n) is 3.98. The molecule has 0 fully saturated rings. The van der Waals surface area contributed by atoms with E-state index in [0.717, 1.165) is 0 Å². The molecule has 1 aromatic heterocycles. The first-order chi connectivity index (χ1) is 9.93. The van der Waals surface area contributed by atoms with Gasteiger partial charge in [0.25, 0.3) is 0 Å². The molecule has 0 aliphatic carbocycles. The van der Waals surface area contributed by atoms with Crippen molar-refractivity contribution in [2.24, 2.45) is 0 Å². The van der Waals surface area contributed by atoms with Crippen LogP contribution >= 0.6 is 0 Å². The minimum absolute atomic E-state index is 0.403. The summed E-state index contributed by atoms with van der Waals surface area (Å²) in [4.78, 5) is 0. The van der Waals surface area contributed by atoms with Gasteiger partial charge in [0, 0.05) is 0 Å². The Hall–Kier alpha value is -2.02. The molecule has 0 radical (unpaired) electrons. The van der Waals surface area contributed by atoms with Crippen molar-refractivity contribution in [3.05, 3.63) is 66.7 Å². The molecule has 0 spiro atoms. The van der Waals surface area contributed by atoms with Crippen LogP contribution in [0, 0.1) is 0 Å². The molecule has 0 unspecified atom stereocenters. The third-order valence-corrected chi connectivity index (χ3v) is 6.32. The first-order valence-corrected chi connectivity index (χ1v) is 8.44. The van der Waals surface area contributed by atoms with E-state index in [2.05, 4.69) is 71.3 Å². The van der Waals surface area contributed by atoms with Gasteiger partial charge in [-0.25, -0.2) is 0 Å². The van der Waals surface area contributed by atoms with E-state index >= 15 is 0 Å². The van der Waals surface area contributed by atoms with Crippen molar-refractivity contribution in [2.45, 2.75) is 0 Å². The summed E-state index contributed by atoms with van der Waals surface area (Å²) in [6.45, 7) is 0. The van der Waals surface area contributed by atoms with Crippen molar-refractivity contribution in [3.8, 4) is 5.69 Å². The SMILES string of the molecule is c1ccc2c(c1)[Se]c1cccc3c4ccccc4n-2c13. The van der Waals surface area contributed by atoms with Crippen LogP contribution in [0.15, 0.2) is 66.7 Å². The predicted molar refractivity (Wildman–Crippen MR) is 85.8 cm³/mol. The molecule has 1 aliphatic rings. The van der Waals surface area contributed by atoms with Crippen LogP contribution in [0.5, 0.6) is 0 Å². The molecular formula is C18H11NSe. The first-order valence-electron chi connectivity index (χ1n) is 6.73. The zero-order valence-electron chi connectivity index (χ0n) is 10.7. The second-order valence-electron chi connectivity index (χ2n) is 5.07. The molecule has 5 rings (SSSR count). The van der Waals surface area contributed by atoms with Crippen LogP contribution in [0.3, 0.4) is 0 Å². The molecule has 0 saturated heterocycles. The Labute approximate surface area is 123 Å². The zero-order valence-corrected chi connectivity index (χ0v) is 12.4. The van der Waals surface area contributed by atoms with E-state index in [4.69, 9.17) is 0 Å². The maximum atomic E-state index is 2.45. The van der Waals surface area contributed by atoms with Crippen molar-refractivity contribution >= 4 is 45.7 Å². The van der Waals surface area contributed by atoms with Gasteiger partial charge in [-0.2, -0.15) is 0 Å². The Morgan fingerprint density at radius 1 is 0.650 bits per heavy atom. The molecule has 0 saturated carbocycles. The zero-order chi connectivity index (χ0) is 13.1. The van der Waals surface area contributed by atoms with Gasteiger partial charge in [0.2, 0.25) is 0 Å². The summed E-state index contributed by atoms with van der Waals surface area (Å²) in [5, 5.41) is 2.74. The summed E-state index contributed by atoms with van der Waals surface area (Å²) in [6.07, 6.45) is 0. The van der Waals surface area contributed by atoms with Crippen molar-refractivity contribution in [2.75, 3.05) is 0 Å². The van der Waals surface area contributed by atoms with E-state index in [-0.39, 0.29) is 0 Å². The van der Waals surface area contributed by atoms with Crippen LogP contribution in [0.2, 0.25) is 0 Å². The summed E-state index contributed by atoms with van der Waals surface area (Å²) >= 11 is 0.403. The fourth-order valence-corrected chi connectivity index (χ4v) is 5.46.